The van der Waals surface area contributed by atoms with Crippen LogP contribution in [0.2, 0.25) is 0 Å². The Morgan fingerprint density at radius 2 is 2.00 bits per heavy atom. The Hall–Kier alpha value is -2.69. The van der Waals surface area contributed by atoms with Gasteiger partial charge in [0.2, 0.25) is 0 Å². The first-order chi connectivity index (χ1) is 9.31. The number of para-hydroxylation sites is 1. The van der Waals surface area contributed by atoms with Crippen LogP contribution in [0.25, 0.3) is 16.5 Å². The molecule has 1 aliphatic heterocycles. The molecular weight excluding hydrogens is 242 g/mol. The Balaban J connectivity index is 2.30. The number of hydrogen-bond acceptors (Lipinski definition) is 4. The summed E-state index contributed by atoms with van der Waals surface area (Å²) in [5.74, 6) is -0.271. The molecule has 0 fully saturated rings. The minimum Gasteiger partial charge on any atom is -0.491 e. The van der Waals surface area contributed by atoms with Crippen molar-refractivity contribution in [3.8, 4) is 0 Å². The van der Waals surface area contributed by atoms with Gasteiger partial charge in [0.1, 0.15) is 0 Å². The predicted molar refractivity (Wildman–Crippen MR) is 71.3 cm³/mol. The van der Waals surface area contributed by atoms with Gasteiger partial charge in [-0.1, -0.05) is 18.2 Å². The fourth-order valence-electron chi connectivity index (χ4n) is 2.08. The Labute approximate surface area is 109 Å². The van der Waals surface area contributed by atoms with E-state index in [1.54, 1.807) is 6.20 Å². The molecule has 2 aromatic rings. The maximum atomic E-state index is 11.7. The molecular formula is C14H10N3O2. The first-order valence-corrected chi connectivity index (χ1v) is 5.72. The van der Waals surface area contributed by atoms with E-state index in [0.717, 1.165) is 16.5 Å². The number of pyridine rings is 1. The van der Waals surface area contributed by atoms with Crippen LogP contribution in [-0.4, -0.2) is 24.2 Å². The van der Waals surface area contributed by atoms with E-state index in [9.17, 15) is 4.79 Å². The van der Waals surface area contributed by atoms with Crippen LogP contribution in [0.3, 0.4) is 0 Å². The molecule has 5 nitrogen and oxygen atoms in total. The molecule has 1 amide bonds. The van der Waals surface area contributed by atoms with Crippen molar-refractivity contribution in [2.24, 2.45) is 5.10 Å². The second-order valence-electron chi connectivity index (χ2n) is 3.97. The first-order valence-electron chi connectivity index (χ1n) is 5.72. The van der Waals surface area contributed by atoms with Gasteiger partial charge >= 0.3 is 5.91 Å². The molecule has 0 bridgehead atoms. The number of rotatable bonds is 2. The molecule has 5 heteroatoms. The fourth-order valence-corrected chi connectivity index (χ4v) is 2.08. The molecule has 93 valence electrons. The van der Waals surface area contributed by atoms with Crippen molar-refractivity contribution in [2.45, 2.75) is 0 Å². The zero-order valence-corrected chi connectivity index (χ0v) is 10.2. The molecule has 3 rings (SSSR count). The van der Waals surface area contributed by atoms with Crippen molar-refractivity contribution in [1.82, 2.24) is 10.4 Å². The molecule has 0 spiro atoms. The van der Waals surface area contributed by atoms with Crippen LogP contribution < -0.4 is 5.43 Å². The van der Waals surface area contributed by atoms with Gasteiger partial charge in [0.25, 0.3) is 0 Å². The molecule has 0 saturated heterocycles. The first kappa shape index (κ1) is 11.4. The molecule has 1 aliphatic rings. The lowest BCUT2D eigenvalue weighted by Gasteiger charge is -2.13. The average Bonchev–Trinajstić information content (AvgIpc) is 2.46. The monoisotopic (exact) mass is 252 g/mol. The summed E-state index contributed by atoms with van der Waals surface area (Å²) >= 11 is 0. The molecule has 2 heterocycles. The largest absolute Gasteiger partial charge is 0.491 e. The molecule has 1 aromatic carbocycles. The van der Waals surface area contributed by atoms with Gasteiger partial charge < -0.3 is 4.74 Å². The van der Waals surface area contributed by atoms with E-state index in [1.807, 2.05) is 30.3 Å². The van der Waals surface area contributed by atoms with Gasteiger partial charge in [0, 0.05) is 11.6 Å². The van der Waals surface area contributed by atoms with Gasteiger partial charge in [-0.15, -0.1) is 5.43 Å². The lowest BCUT2D eigenvalue weighted by atomic mass is 10.0. The van der Waals surface area contributed by atoms with Crippen molar-refractivity contribution in [3.63, 3.8) is 0 Å². The highest BCUT2D eigenvalue weighted by atomic mass is 16.5. The number of methoxy groups -OCH3 is 1. The van der Waals surface area contributed by atoms with Crippen LogP contribution in [0.15, 0.2) is 47.4 Å². The summed E-state index contributed by atoms with van der Waals surface area (Å²) in [5.41, 5.74) is 5.81. The van der Waals surface area contributed by atoms with Gasteiger partial charge in [-0.25, -0.2) is 0 Å². The molecule has 0 atom stereocenters. The van der Waals surface area contributed by atoms with E-state index >= 15 is 0 Å². The summed E-state index contributed by atoms with van der Waals surface area (Å²) in [6, 6.07) is 9.54. The highest BCUT2D eigenvalue weighted by Gasteiger charge is 2.22. The van der Waals surface area contributed by atoms with Crippen LogP contribution in [-0.2, 0) is 9.53 Å². The van der Waals surface area contributed by atoms with E-state index in [-0.39, 0.29) is 5.76 Å². The number of fused-ring (bicyclic) bond motifs is 1. The number of carbonyl (C=O) groups excluding carboxylic acids is 1. The highest BCUT2D eigenvalue weighted by Crippen LogP contribution is 2.26. The molecule has 0 unspecified atom stereocenters. The zero-order valence-electron chi connectivity index (χ0n) is 10.2. The molecule has 1 aromatic heterocycles. The number of ether oxygens (including phenoxy) is 1. The molecule has 19 heavy (non-hydrogen) atoms. The number of benzene rings is 1. The SMILES string of the molecule is COC1=C(c2ccnc3ccccc23)C=N[N]C1=O. The Kier molecular flexibility index (Phi) is 2.72. The van der Waals surface area contributed by atoms with E-state index in [0.29, 0.717) is 5.57 Å². The van der Waals surface area contributed by atoms with Crippen LogP contribution in [0.1, 0.15) is 5.56 Å². The third-order valence-electron chi connectivity index (χ3n) is 2.92. The quantitative estimate of drug-likeness (QED) is 0.817. The lowest BCUT2D eigenvalue weighted by Crippen LogP contribution is -2.20. The number of hydrogen-bond donors (Lipinski definition) is 0. The van der Waals surface area contributed by atoms with Crippen LogP contribution in [0.4, 0.5) is 0 Å². The highest BCUT2D eigenvalue weighted by molar-refractivity contribution is 6.22. The maximum absolute atomic E-state index is 11.7. The number of amides is 1. The van der Waals surface area contributed by atoms with Gasteiger partial charge in [0.05, 0.1) is 24.4 Å². The number of carbonyl (C=O) groups is 1. The maximum Gasteiger partial charge on any atom is 0.331 e. The van der Waals surface area contributed by atoms with Crippen LogP contribution in [0, 0.1) is 0 Å². The van der Waals surface area contributed by atoms with Crippen molar-refractivity contribution in [1.29, 1.82) is 0 Å². The van der Waals surface area contributed by atoms with Gasteiger partial charge in [-0.2, -0.15) is 5.10 Å². The summed E-state index contributed by atoms with van der Waals surface area (Å²) in [5, 5.41) is 4.65. The topological polar surface area (TPSA) is 65.7 Å². The van der Waals surface area contributed by atoms with Gasteiger partial charge in [-0.3, -0.25) is 9.78 Å². The van der Waals surface area contributed by atoms with E-state index in [4.69, 9.17) is 4.74 Å². The fraction of sp³-hybridized carbons (Fsp3) is 0.0714. The lowest BCUT2D eigenvalue weighted by molar-refractivity contribution is -0.120. The van der Waals surface area contributed by atoms with Gasteiger partial charge in [-0.05, 0) is 17.7 Å². The summed E-state index contributed by atoms with van der Waals surface area (Å²) in [6.45, 7) is 0. The summed E-state index contributed by atoms with van der Waals surface area (Å²) in [4.78, 5) is 16.0. The van der Waals surface area contributed by atoms with Crippen molar-refractivity contribution in [2.75, 3.05) is 7.11 Å². The minimum absolute atomic E-state index is 0.200. The summed E-state index contributed by atoms with van der Waals surface area (Å²) in [7, 11) is 1.45. The number of nitrogens with zero attached hydrogens (tertiary/aromatic N) is 3. The normalized spacial score (nSPS) is 14.7. The molecule has 0 N–H and O–H groups in total. The minimum atomic E-state index is -0.471. The van der Waals surface area contributed by atoms with Crippen LogP contribution in [0.5, 0.6) is 0 Å². The standard InChI is InChI=1S/C14H10N3O2/c1-19-13-11(8-16-17-14(13)18)9-6-7-15-12-5-3-2-4-10(9)12/h2-8H,1H3. The number of aromatic nitrogens is 1. The third kappa shape index (κ3) is 1.85. The Morgan fingerprint density at radius 3 is 2.84 bits per heavy atom. The summed E-state index contributed by atoms with van der Waals surface area (Å²) in [6.07, 6.45) is 3.23. The van der Waals surface area contributed by atoms with E-state index in [1.165, 1.54) is 13.3 Å². The van der Waals surface area contributed by atoms with E-state index in [2.05, 4.69) is 15.5 Å². The Morgan fingerprint density at radius 1 is 1.16 bits per heavy atom. The zero-order chi connectivity index (χ0) is 13.2. The molecule has 1 radical (unpaired) electrons. The van der Waals surface area contributed by atoms with Crippen molar-refractivity contribution < 1.29 is 9.53 Å². The predicted octanol–water partition coefficient (Wildman–Crippen LogP) is 1.72. The smallest absolute Gasteiger partial charge is 0.331 e. The molecule has 0 saturated carbocycles. The third-order valence-corrected chi connectivity index (χ3v) is 2.92. The van der Waals surface area contributed by atoms with E-state index < -0.39 is 5.91 Å². The van der Waals surface area contributed by atoms with Crippen molar-refractivity contribution >= 4 is 28.6 Å². The Bertz CT molecular complexity index is 714. The second-order valence-corrected chi connectivity index (χ2v) is 3.97. The second kappa shape index (κ2) is 4.53. The number of allylic oxidation sites excluding steroid dienone is 1. The van der Waals surface area contributed by atoms with Crippen LogP contribution >= 0.6 is 0 Å². The average molecular weight is 252 g/mol. The molecule has 0 aliphatic carbocycles. The summed E-state index contributed by atoms with van der Waals surface area (Å²) < 4.78 is 5.14. The van der Waals surface area contributed by atoms with Crippen molar-refractivity contribution in [3.05, 3.63) is 47.9 Å². The van der Waals surface area contributed by atoms with Gasteiger partial charge in [0.15, 0.2) is 5.76 Å².